The van der Waals surface area contributed by atoms with Gasteiger partial charge in [0.15, 0.2) is 0 Å². The van der Waals surface area contributed by atoms with Gasteiger partial charge >= 0.3 is 0 Å². The van der Waals surface area contributed by atoms with Crippen molar-refractivity contribution < 1.29 is 9.13 Å². The number of nitrogens with zero attached hydrogens (tertiary/aromatic N) is 1. The topological polar surface area (TPSA) is 34.2 Å². The van der Waals surface area contributed by atoms with Crippen molar-refractivity contribution >= 4 is 15.9 Å². The summed E-state index contributed by atoms with van der Waals surface area (Å²) < 4.78 is 20.3. The Bertz CT molecular complexity index is 635. The molecule has 0 aliphatic carbocycles. The first-order valence-corrected chi connectivity index (χ1v) is 7.20. The van der Waals surface area contributed by atoms with Crippen molar-refractivity contribution in [2.45, 2.75) is 18.6 Å². The minimum Gasteiger partial charge on any atom is -0.485 e. The van der Waals surface area contributed by atoms with E-state index in [-0.39, 0.29) is 18.0 Å². The minimum atomic E-state index is -0.241. The van der Waals surface area contributed by atoms with E-state index in [1.54, 1.807) is 18.5 Å². The molecular weight excluding hydrogens is 323 g/mol. The molecule has 3 rings (SSSR count). The highest BCUT2D eigenvalue weighted by molar-refractivity contribution is 9.10. The van der Waals surface area contributed by atoms with Crippen molar-refractivity contribution in [1.82, 2.24) is 10.3 Å². The predicted molar refractivity (Wildman–Crippen MR) is 78.1 cm³/mol. The lowest BCUT2D eigenvalue weighted by atomic mass is 9.93. The maximum absolute atomic E-state index is 13.4. The molecule has 0 saturated carbocycles. The van der Waals surface area contributed by atoms with Crippen molar-refractivity contribution in [1.29, 1.82) is 0 Å². The second-order valence-electron chi connectivity index (χ2n) is 4.80. The molecule has 0 amide bonds. The van der Waals surface area contributed by atoms with Gasteiger partial charge in [0, 0.05) is 40.5 Å². The van der Waals surface area contributed by atoms with Crippen molar-refractivity contribution in [2.24, 2.45) is 0 Å². The van der Waals surface area contributed by atoms with Gasteiger partial charge in [0.25, 0.3) is 0 Å². The highest BCUT2D eigenvalue weighted by atomic mass is 79.9. The molecule has 1 aromatic heterocycles. The van der Waals surface area contributed by atoms with Crippen molar-refractivity contribution in [2.75, 3.05) is 7.05 Å². The van der Waals surface area contributed by atoms with Gasteiger partial charge in [-0.3, -0.25) is 4.98 Å². The third-order valence-electron chi connectivity index (χ3n) is 3.51. The van der Waals surface area contributed by atoms with Gasteiger partial charge in [0.2, 0.25) is 0 Å². The molecule has 20 heavy (non-hydrogen) atoms. The molecule has 0 fully saturated rings. The molecule has 1 aromatic carbocycles. The minimum absolute atomic E-state index is 0.0680. The molecule has 0 spiro atoms. The highest BCUT2D eigenvalue weighted by Crippen LogP contribution is 2.41. The molecule has 2 aromatic rings. The number of nitrogens with one attached hydrogen (secondary N) is 1. The third-order valence-corrected chi connectivity index (χ3v) is 3.95. The van der Waals surface area contributed by atoms with Gasteiger partial charge < -0.3 is 10.1 Å². The Hall–Kier alpha value is -1.46. The van der Waals surface area contributed by atoms with Gasteiger partial charge in [-0.15, -0.1) is 0 Å². The first kappa shape index (κ1) is 13.5. The summed E-state index contributed by atoms with van der Waals surface area (Å²) in [5.41, 5.74) is 1.88. The van der Waals surface area contributed by atoms with E-state index < -0.39 is 0 Å². The van der Waals surface area contributed by atoms with Crippen molar-refractivity contribution in [3.8, 4) is 5.75 Å². The van der Waals surface area contributed by atoms with Gasteiger partial charge in [-0.05, 0) is 47.2 Å². The lowest BCUT2D eigenvalue weighted by Gasteiger charge is -2.32. The van der Waals surface area contributed by atoms with E-state index in [1.165, 1.54) is 12.1 Å². The van der Waals surface area contributed by atoms with Gasteiger partial charge in [0.05, 0.1) is 0 Å². The normalized spacial score (nSPS) is 21.1. The quantitative estimate of drug-likeness (QED) is 0.906. The molecule has 5 heteroatoms. The summed E-state index contributed by atoms with van der Waals surface area (Å²) in [6, 6.07) is 6.71. The Morgan fingerprint density at radius 2 is 2.20 bits per heavy atom. The Balaban J connectivity index is 1.96. The molecular formula is C15H14BrFN2O. The van der Waals surface area contributed by atoms with Gasteiger partial charge in [-0.1, -0.05) is 0 Å². The van der Waals surface area contributed by atoms with Crippen LogP contribution in [-0.2, 0) is 0 Å². The Kier molecular flexibility index (Phi) is 3.72. The molecule has 104 valence electrons. The maximum atomic E-state index is 13.4. The van der Waals surface area contributed by atoms with Crippen LogP contribution in [0, 0.1) is 5.82 Å². The highest BCUT2D eigenvalue weighted by Gasteiger charge is 2.29. The van der Waals surface area contributed by atoms with E-state index in [4.69, 9.17) is 4.74 Å². The second-order valence-corrected chi connectivity index (χ2v) is 5.72. The third kappa shape index (κ3) is 2.55. The fourth-order valence-electron chi connectivity index (χ4n) is 2.52. The second kappa shape index (κ2) is 5.50. The molecule has 0 bridgehead atoms. The number of aromatic nitrogens is 1. The number of fused-ring (bicyclic) bond motifs is 1. The zero-order valence-corrected chi connectivity index (χ0v) is 12.5. The van der Waals surface area contributed by atoms with E-state index >= 15 is 0 Å². The number of benzene rings is 1. The zero-order valence-electron chi connectivity index (χ0n) is 10.9. The Morgan fingerprint density at radius 1 is 1.35 bits per heavy atom. The van der Waals surface area contributed by atoms with Crippen LogP contribution in [0.3, 0.4) is 0 Å². The van der Waals surface area contributed by atoms with Crippen LogP contribution in [0.15, 0.2) is 41.1 Å². The van der Waals surface area contributed by atoms with Crippen LogP contribution < -0.4 is 10.1 Å². The Labute approximate surface area is 125 Å². The first-order valence-electron chi connectivity index (χ1n) is 6.41. The number of hydrogen-bond donors (Lipinski definition) is 1. The Morgan fingerprint density at radius 3 is 2.95 bits per heavy atom. The standard InChI is InChI=1S/C15H14BrFN2O/c1-18-13-6-15(9-4-10(16)8-19-7-9)20-14-3-2-11(17)5-12(13)14/h2-5,7-8,13,15,18H,6H2,1H3. The number of pyridine rings is 1. The predicted octanol–water partition coefficient (Wildman–Crippen LogP) is 3.77. The number of rotatable bonds is 2. The summed E-state index contributed by atoms with van der Waals surface area (Å²) in [4.78, 5) is 4.17. The van der Waals surface area contributed by atoms with E-state index in [9.17, 15) is 4.39 Å². The van der Waals surface area contributed by atoms with E-state index in [0.29, 0.717) is 0 Å². The van der Waals surface area contributed by atoms with Crippen LogP contribution >= 0.6 is 15.9 Å². The van der Waals surface area contributed by atoms with E-state index in [0.717, 1.165) is 27.8 Å². The van der Waals surface area contributed by atoms with Crippen molar-refractivity contribution in [3.63, 3.8) is 0 Å². The monoisotopic (exact) mass is 336 g/mol. The molecule has 0 saturated heterocycles. The van der Waals surface area contributed by atoms with Gasteiger partial charge in [0.1, 0.15) is 17.7 Å². The van der Waals surface area contributed by atoms with Gasteiger partial charge in [-0.25, -0.2) is 4.39 Å². The summed E-state index contributed by atoms with van der Waals surface area (Å²) in [5, 5.41) is 3.22. The van der Waals surface area contributed by atoms with Crippen LogP contribution in [0.25, 0.3) is 0 Å². The summed E-state index contributed by atoms with van der Waals surface area (Å²) in [6.45, 7) is 0. The molecule has 1 N–H and O–H groups in total. The van der Waals surface area contributed by atoms with E-state index in [1.807, 2.05) is 13.1 Å². The maximum Gasteiger partial charge on any atom is 0.127 e. The van der Waals surface area contributed by atoms with Crippen LogP contribution in [0.5, 0.6) is 5.75 Å². The van der Waals surface area contributed by atoms with Crippen LogP contribution in [0.4, 0.5) is 4.39 Å². The van der Waals surface area contributed by atoms with Crippen LogP contribution in [0.1, 0.15) is 29.7 Å². The fourth-order valence-corrected chi connectivity index (χ4v) is 2.91. The number of halogens is 2. The summed E-state index contributed by atoms with van der Waals surface area (Å²) in [6.07, 6.45) is 4.20. The molecule has 2 unspecified atom stereocenters. The average Bonchev–Trinajstić information content (AvgIpc) is 2.46. The number of ether oxygens (including phenoxy) is 1. The molecule has 1 aliphatic heterocycles. The molecule has 1 aliphatic rings. The molecule has 2 atom stereocenters. The SMILES string of the molecule is CNC1CC(c2cncc(Br)c2)Oc2ccc(F)cc21. The lowest BCUT2D eigenvalue weighted by Crippen LogP contribution is -2.27. The largest absolute Gasteiger partial charge is 0.485 e. The lowest BCUT2D eigenvalue weighted by molar-refractivity contribution is 0.153. The van der Waals surface area contributed by atoms with Gasteiger partial charge in [-0.2, -0.15) is 0 Å². The smallest absolute Gasteiger partial charge is 0.127 e. The van der Waals surface area contributed by atoms with Crippen LogP contribution in [0.2, 0.25) is 0 Å². The van der Waals surface area contributed by atoms with Crippen LogP contribution in [-0.4, -0.2) is 12.0 Å². The molecule has 3 nitrogen and oxygen atoms in total. The molecule has 2 heterocycles. The summed E-state index contributed by atoms with van der Waals surface area (Å²) in [7, 11) is 1.88. The fraction of sp³-hybridized carbons (Fsp3) is 0.267. The molecule has 0 radical (unpaired) electrons. The summed E-state index contributed by atoms with van der Waals surface area (Å²) in [5.74, 6) is 0.483. The number of hydrogen-bond acceptors (Lipinski definition) is 3. The summed E-state index contributed by atoms with van der Waals surface area (Å²) >= 11 is 3.42. The zero-order chi connectivity index (χ0) is 14.1. The average molecular weight is 337 g/mol. The van der Waals surface area contributed by atoms with Crippen molar-refractivity contribution in [3.05, 3.63) is 58.1 Å². The first-order chi connectivity index (χ1) is 9.67. The van der Waals surface area contributed by atoms with E-state index in [2.05, 4.69) is 26.2 Å².